The van der Waals surface area contributed by atoms with Crippen LogP contribution < -0.4 is 4.74 Å². The van der Waals surface area contributed by atoms with Crippen molar-refractivity contribution in [1.29, 1.82) is 0 Å². The highest BCUT2D eigenvalue weighted by molar-refractivity contribution is 5.41. The zero-order valence-electron chi connectivity index (χ0n) is 12.1. The van der Waals surface area contributed by atoms with E-state index in [9.17, 15) is 5.11 Å². The number of aryl methyl sites for hydroxylation is 2. The number of hydrogen-bond acceptors (Lipinski definition) is 4. The van der Waals surface area contributed by atoms with Crippen LogP contribution in [0, 0.1) is 13.8 Å². The molecule has 0 aliphatic heterocycles. The van der Waals surface area contributed by atoms with Gasteiger partial charge in [0.1, 0.15) is 11.9 Å². The topological polar surface area (TPSA) is 55.2 Å². The quantitative estimate of drug-likeness (QED) is 0.909. The summed E-state index contributed by atoms with van der Waals surface area (Å²) in [6, 6.07) is 9.43. The van der Waals surface area contributed by atoms with Gasteiger partial charge in [-0.3, -0.25) is 0 Å². The third kappa shape index (κ3) is 3.14. The lowest BCUT2D eigenvalue weighted by atomic mass is 9.99. The molecule has 2 rings (SSSR count). The molecule has 0 bridgehead atoms. The van der Waals surface area contributed by atoms with Crippen molar-refractivity contribution in [1.82, 2.24) is 10.2 Å². The van der Waals surface area contributed by atoms with E-state index in [4.69, 9.17) is 4.74 Å². The number of rotatable bonds is 5. The van der Waals surface area contributed by atoms with E-state index < -0.39 is 6.10 Å². The monoisotopic (exact) mass is 272 g/mol. The maximum atomic E-state index is 10.6. The number of benzene rings is 1. The molecule has 1 atom stereocenters. The fourth-order valence-electron chi connectivity index (χ4n) is 2.06. The second-order valence-electron chi connectivity index (χ2n) is 4.82. The smallest absolute Gasteiger partial charge is 0.125 e. The van der Waals surface area contributed by atoms with Crippen LogP contribution in [-0.2, 0) is 0 Å². The predicted octanol–water partition coefficient (Wildman–Crippen LogP) is 2.96. The first kappa shape index (κ1) is 14.5. The average molecular weight is 272 g/mol. The summed E-state index contributed by atoms with van der Waals surface area (Å²) < 4.78 is 5.70. The second-order valence-corrected chi connectivity index (χ2v) is 4.82. The van der Waals surface area contributed by atoms with E-state index >= 15 is 0 Å². The number of para-hydroxylation sites is 1. The summed E-state index contributed by atoms with van der Waals surface area (Å²) >= 11 is 0. The molecule has 1 aromatic heterocycles. The highest BCUT2D eigenvalue weighted by Gasteiger charge is 2.18. The molecule has 1 aromatic carbocycles. The summed E-state index contributed by atoms with van der Waals surface area (Å²) in [5.74, 6) is 0.718. The van der Waals surface area contributed by atoms with E-state index in [0.717, 1.165) is 34.7 Å². The number of aliphatic hydroxyl groups is 1. The Bertz CT molecular complexity index is 584. The molecule has 1 N–H and O–H groups in total. The molecule has 4 heteroatoms. The van der Waals surface area contributed by atoms with Crippen LogP contribution in [0.4, 0.5) is 0 Å². The van der Waals surface area contributed by atoms with E-state index in [0.29, 0.717) is 6.61 Å². The first-order valence-electron chi connectivity index (χ1n) is 6.84. The van der Waals surface area contributed by atoms with Crippen LogP contribution in [-0.4, -0.2) is 21.9 Å². The molecular weight excluding hydrogens is 252 g/mol. The largest absolute Gasteiger partial charge is 0.493 e. The normalized spacial score (nSPS) is 12.2. The molecule has 4 nitrogen and oxygen atoms in total. The summed E-state index contributed by atoms with van der Waals surface area (Å²) in [4.78, 5) is 0. The maximum absolute atomic E-state index is 10.6. The van der Waals surface area contributed by atoms with Crippen LogP contribution in [0.25, 0.3) is 0 Å². The first-order valence-corrected chi connectivity index (χ1v) is 6.84. The van der Waals surface area contributed by atoms with Crippen molar-refractivity contribution in [2.75, 3.05) is 6.61 Å². The summed E-state index contributed by atoms with van der Waals surface area (Å²) in [5, 5.41) is 18.7. The number of hydrogen-bond donors (Lipinski definition) is 1. The van der Waals surface area contributed by atoms with Gasteiger partial charge in [-0.2, -0.15) is 10.2 Å². The molecule has 0 fully saturated rings. The molecule has 0 aliphatic rings. The number of aliphatic hydroxyl groups excluding tert-OH is 1. The highest BCUT2D eigenvalue weighted by atomic mass is 16.5. The van der Waals surface area contributed by atoms with E-state index in [1.807, 2.05) is 44.2 Å². The Morgan fingerprint density at radius 1 is 1.15 bits per heavy atom. The van der Waals surface area contributed by atoms with Gasteiger partial charge in [0.05, 0.1) is 18.0 Å². The molecule has 106 valence electrons. The third-order valence-electron chi connectivity index (χ3n) is 3.11. The Labute approximate surface area is 119 Å². The van der Waals surface area contributed by atoms with Gasteiger partial charge in [-0.1, -0.05) is 25.1 Å². The van der Waals surface area contributed by atoms with Crippen LogP contribution in [0.5, 0.6) is 5.75 Å². The van der Waals surface area contributed by atoms with E-state index in [1.165, 1.54) is 0 Å². The van der Waals surface area contributed by atoms with Gasteiger partial charge in [0.15, 0.2) is 0 Å². The molecule has 20 heavy (non-hydrogen) atoms. The van der Waals surface area contributed by atoms with Crippen molar-refractivity contribution < 1.29 is 9.84 Å². The first-order chi connectivity index (χ1) is 9.63. The van der Waals surface area contributed by atoms with Gasteiger partial charge in [-0.25, -0.2) is 0 Å². The molecule has 1 unspecified atom stereocenters. The van der Waals surface area contributed by atoms with Gasteiger partial charge >= 0.3 is 0 Å². The van der Waals surface area contributed by atoms with Crippen LogP contribution in [0.2, 0.25) is 0 Å². The lowest BCUT2D eigenvalue weighted by Crippen LogP contribution is -2.08. The minimum Gasteiger partial charge on any atom is -0.493 e. The van der Waals surface area contributed by atoms with Crippen LogP contribution in [0.1, 0.15) is 42.0 Å². The molecule has 0 saturated heterocycles. The van der Waals surface area contributed by atoms with Crippen molar-refractivity contribution in [3.63, 3.8) is 0 Å². The Morgan fingerprint density at radius 2 is 1.90 bits per heavy atom. The van der Waals surface area contributed by atoms with Crippen molar-refractivity contribution in [3.05, 3.63) is 52.8 Å². The minimum absolute atomic E-state index is 0.635. The summed E-state index contributed by atoms with van der Waals surface area (Å²) in [6.45, 7) is 6.40. The molecule has 0 radical (unpaired) electrons. The average Bonchev–Trinajstić information content (AvgIpc) is 2.47. The van der Waals surface area contributed by atoms with Gasteiger partial charge in [-0.15, -0.1) is 0 Å². The van der Waals surface area contributed by atoms with Crippen molar-refractivity contribution in [2.45, 2.75) is 33.3 Å². The zero-order valence-corrected chi connectivity index (χ0v) is 12.1. The summed E-state index contributed by atoms with van der Waals surface area (Å²) in [6.07, 6.45) is 0.177. The van der Waals surface area contributed by atoms with Gasteiger partial charge in [0.2, 0.25) is 0 Å². The SMILES string of the molecule is CCCOc1ccccc1C(O)c1cc(C)nnc1C. The molecule has 0 spiro atoms. The lowest BCUT2D eigenvalue weighted by Gasteiger charge is -2.17. The van der Waals surface area contributed by atoms with Gasteiger partial charge in [-0.05, 0) is 32.4 Å². The molecule has 1 heterocycles. The Balaban J connectivity index is 2.37. The fourth-order valence-corrected chi connectivity index (χ4v) is 2.06. The Morgan fingerprint density at radius 3 is 2.65 bits per heavy atom. The molecule has 0 saturated carbocycles. The summed E-state index contributed by atoms with van der Waals surface area (Å²) in [7, 11) is 0. The van der Waals surface area contributed by atoms with Crippen LogP contribution in [0.3, 0.4) is 0 Å². The summed E-state index contributed by atoms with van der Waals surface area (Å²) in [5.41, 5.74) is 3.05. The fraction of sp³-hybridized carbons (Fsp3) is 0.375. The van der Waals surface area contributed by atoms with Gasteiger partial charge in [0, 0.05) is 11.1 Å². The van der Waals surface area contributed by atoms with Crippen LogP contribution in [0.15, 0.2) is 30.3 Å². The number of aromatic nitrogens is 2. The number of ether oxygens (including phenoxy) is 1. The molecular formula is C16H20N2O2. The standard InChI is InChI=1S/C16H20N2O2/c1-4-9-20-15-8-6-5-7-13(15)16(19)14-10-11(2)17-18-12(14)3/h5-8,10,16,19H,4,9H2,1-3H3. The van der Waals surface area contributed by atoms with Crippen molar-refractivity contribution in [3.8, 4) is 5.75 Å². The van der Waals surface area contributed by atoms with E-state index in [-0.39, 0.29) is 0 Å². The molecule has 0 aliphatic carbocycles. The molecule has 2 aromatic rings. The van der Waals surface area contributed by atoms with Crippen LogP contribution >= 0.6 is 0 Å². The van der Waals surface area contributed by atoms with Gasteiger partial charge in [0.25, 0.3) is 0 Å². The van der Waals surface area contributed by atoms with Crippen molar-refractivity contribution >= 4 is 0 Å². The maximum Gasteiger partial charge on any atom is 0.125 e. The minimum atomic E-state index is -0.753. The molecule has 0 amide bonds. The predicted molar refractivity (Wildman–Crippen MR) is 77.8 cm³/mol. The Hall–Kier alpha value is -1.94. The Kier molecular flexibility index (Phi) is 4.69. The van der Waals surface area contributed by atoms with Crippen molar-refractivity contribution in [2.24, 2.45) is 0 Å². The second kappa shape index (κ2) is 6.48. The number of nitrogens with zero attached hydrogens (tertiary/aromatic N) is 2. The van der Waals surface area contributed by atoms with Gasteiger partial charge < -0.3 is 9.84 Å². The van der Waals surface area contributed by atoms with E-state index in [1.54, 1.807) is 0 Å². The third-order valence-corrected chi connectivity index (χ3v) is 3.11. The van der Waals surface area contributed by atoms with E-state index in [2.05, 4.69) is 17.1 Å². The lowest BCUT2D eigenvalue weighted by molar-refractivity contribution is 0.209. The highest BCUT2D eigenvalue weighted by Crippen LogP contribution is 2.31. The zero-order chi connectivity index (χ0) is 14.5.